The fourth-order valence-electron chi connectivity index (χ4n) is 3.13. The van der Waals surface area contributed by atoms with Crippen molar-refractivity contribution < 1.29 is 14.3 Å². The minimum Gasteiger partial charge on any atom is -0.492 e. The minimum atomic E-state index is -0.635. The van der Waals surface area contributed by atoms with Crippen LogP contribution >= 0.6 is 23.2 Å². The third-order valence-corrected chi connectivity index (χ3v) is 4.85. The first kappa shape index (κ1) is 19.5. The Labute approximate surface area is 168 Å². The van der Waals surface area contributed by atoms with E-state index in [1.807, 2.05) is 25.1 Å². The quantitative estimate of drug-likeness (QED) is 0.727. The number of hydrogen-bond acceptors (Lipinski definition) is 3. The molecule has 1 heterocycles. The number of amides is 2. The summed E-state index contributed by atoms with van der Waals surface area (Å²) in [4.78, 5) is 26.0. The van der Waals surface area contributed by atoms with Crippen molar-refractivity contribution in [1.29, 1.82) is 0 Å². The Hall–Kier alpha value is -2.24. The van der Waals surface area contributed by atoms with Crippen molar-refractivity contribution in [3.63, 3.8) is 0 Å². The normalized spacial score (nSPS) is 15.6. The summed E-state index contributed by atoms with van der Waals surface area (Å²) >= 11 is 12.0. The maximum Gasteiger partial charge on any atom is 0.254 e. The molecule has 0 bridgehead atoms. The Bertz CT molecular complexity index is 886. The lowest BCUT2D eigenvalue weighted by Crippen LogP contribution is -2.37. The van der Waals surface area contributed by atoms with Gasteiger partial charge in [-0.15, -0.1) is 0 Å². The highest BCUT2D eigenvalue weighted by Crippen LogP contribution is 2.36. The van der Waals surface area contributed by atoms with Crippen LogP contribution < -0.4 is 15.0 Å². The van der Waals surface area contributed by atoms with Crippen molar-refractivity contribution in [3.05, 3.63) is 57.6 Å². The van der Waals surface area contributed by atoms with Gasteiger partial charge in [0.2, 0.25) is 5.91 Å². The van der Waals surface area contributed by atoms with Gasteiger partial charge in [-0.2, -0.15) is 0 Å². The summed E-state index contributed by atoms with van der Waals surface area (Å²) in [5.74, 6) is 0.194. The van der Waals surface area contributed by atoms with Crippen molar-refractivity contribution in [1.82, 2.24) is 5.32 Å². The number of aryl methyl sites for hydroxylation is 1. The second kappa shape index (κ2) is 8.19. The lowest BCUT2D eigenvalue weighted by atomic mass is 10.1. The molecule has 0 saturated heterocycles. The van der Waals surface area contributed by atoms with E-state index in [1.165, 1.54) is 6.92 Å². The predicted octanol–water partition coefficient (Wildman–Crippen LogP) is 4.29. The lowest BCUT2D eigenvalue weighted by molar-refractivity contribution is -0.126. The largest absolute Gasteiger partial charge is 0.492 e. The third kappa shape index (κ3) is 4.37. The third-order valence-electron chi connectivity index (χ3n) is 4.32. The molecule has 5 nitrogen and oxygen atoms in total. The van der Waals surface area contributed by atoms with E-state index in [4.69, 9.17) is 27.9 Å². The number of anilines is 1. The predicted molar refractivity (Wildman–Crippen MR) is 107 cm³/mol. The maximum atomic E-state index is 12.8. The van der Waals surface area contributed by atoms with Gasteiger partial charge in [-0.05, 0) is 37.6 Å². The fraction of sp³-hybridized carbons (Fsp3) is 0.300. The molecule has 0 fully saturated rings. The number of carbonyl (C=O) groups is 2. The van der Waals surface area contributed by atoms with Crippen LogP contribution in [0.25, 0.3) is 0 Å². The number of halogens is 2. The summed E-state index contributed by atoms with van der Waals surface area (Å²) in [5, 5.41) is 3.74. The first-order valence-corrected chi connectivity index (χ1v) is 9.39. The molecule has 0 spiro atoms. The maximum absolute atomic E-state index is 12.8. The molecule has 0 radical (unpaired) electrons. The number of fused-ring (bicyclic) bond motifs is 1. The number of rotatable bonds is 6. The molecule has 1 atom stereocenters. The highest BCUT2D eigenvalue weighted by atomic mass is 35.5. The molecule has 1 N–H and O–H groups in total. The SMILES string of the molecule is CC(=O)NC1C(=O)N(CCCOc2ccc(Cl)cc2Cl)c2ccc(C)cc21. The van der Waals surface area contributed by atoms with E-state index in [-0.39, 0.29) is 11.8 Å². The van der Waals surface area contributed by atoms with Gasteiger partial charge in [-0.25, -0.2) is 0 Å². The summed E-state index contributed by atoms with van der Waals surface area (Å²) < 4.78 is 5.69. The molecule has 2 aromatic rings. The fourth-order valence-corrected chi connectivity index (χ4v) is 3.59. The molecule has 2 amide bonds. The van der Waals surface area contributed by atoms with Gasteiger partial charge in [0, 0.05) is 29.7 Å². The summed E-state index contributed by atoms with van der Waals surface area (Å²) in [5.41, 5.74) is 2.70. The molecular formula is C20H20Cl2N2O3. The smallest absolute Gasteiger partial charge is 0.254 e. The highest BCUT2D eigenvalue weighted by Gasteiger charge is 2.37. The Morgan fingerprint density at radius 1 is 1.22 bits per heavy atom. The van der Waals surface area contributed by atoms with Crippen LogP contribution in [0.1, 0.15) is 30.5 Å². The van der Waals surface area contributed by atoms with Crippen LogP contribution in [0.5, 0.6) is 5.75 Å². The topological polar surface area (TPSA) is 58.6 Å². The zero-order valence-electron chi connectivity index (χ0n) is 15.1. The van der Waals surface area contributed by atoms with Gasteiger partial charge < -0.3 is 15.0 Å². The molecule has 1 unspecified atom stereocenters. The molecule has 142 valence electrons. The van der Waals surface area contributed by atoms with E-state index in [1.54, 1.807) is 23.1 Å². The standard InChI is InChI=1S/C20H20Cl2N2O3/c1-12-4-6-17-15(10-12)19(23-13(2)25)20(26)24(17)8-3-9-27-18-7-5-14(21)11-16(18)22/h4-7,10-11,19H,3,8-9H2,1-2H3,(H,23,25). The second-order valence-corrected chi connectivity index (χ2v) is 7.31. The Morgan fingerprint density at radius 2 is 2.00 bits per heavy atom. The van der Waals surface area contributed by atoms with Gasteiger partial charge in [0.15, 0.2) is 0 Å². The molecule has 27 heavy (non-hydrogen) atoms. The van der Waals surface area contributed by atoms with Crippen molar-refractivity contribution >= 4 is 40.7 Å². The number of benzene rings is 2. The molecule has 0 aromatic heterocycles. The van der Waals surface area contributed by atoms with Crippen molar-refractivity contribution in [3.8, 4) is 5.75 Å². The minimum absolute atomic E-state index is 0.129. The molecule has 1 aliphatic heterocycles. The Balaban J connectivity index is 1.66. The molecule has 2 aromatic carbocycles. The lowest BCUT2D eigenvalue weighted by Gasteiger charge is -2.18. The van der Waals surface area contributed by atoms with Crippen LogP contribution in [0, 0.1) is 6.92 Å². The van der Waals surface area contributed by atoms with Crippen LogP contribution in [0.4, 0.5) is 5.69 Å². The van der Waals surface area contributed by atoms with Crippen molar-refractivity contribution in [2.45, 2.75) is 26.3 Å². The van der Waals surface area contributed by atoms with Crippen molar-refractivity contribution in [2.75, 3.05) is 18.1 Å². The second-order valence-electron chi connectivity index (χ2n) is 6.46. The van der Waals surface area contributed by atoms with E-state index >= 15 is 0 Å². The van der Waals surface area contributed by atoms with Crippen LogP contribution in [-0.4, -0.2) is 25.0 Å². The summed E-state index contributed by atoms with van der Waals surface area (Å²) in [6.45, 7) is 4.25. The highest BCUT2D eigenvalue weighted by molar-refractivity contribution is 6.35. The number of hydrogen-bond donors (Lipinski definition) is 1. The van der Waals surface area contributed by atoms with Crippen LogP contribution in [0.3, 0.4) is 0 Å². The van der Waals surface area contributed by atoms with Gasteiger partial charge in [0.05, 0.1) is 11.6 Å². The van der Waals surface area contributed by atoms with E-state index < -0.39 is 6.04 Å². The molecule has 7 heteroatoms. The average molecular weight is 407 g/mol. The number of nitrogens with one attached hydrogen (secondary N) is 1. The molecule has 0 saturated carbocycles. The monoisotopic (exact) mass is 406 g/mol. The van der Waals surface area contributed by atoms with E-state index in [2.05, 4.69) is 5.32 Å². The summed E-state index contributed by atoms with van der Waals surface area (Å²) in [6.07, 6.45) is 0.616. The Kier molecular flexibility index (Phi) is 5.92. The number of ether oxygens (including phenoxy) is 1. The van der Waals surface area contributed by atoms with Crippen molar-refractivity contribution in [2.24, 2.45) is 0 Å². The first-order valence-electron chi connectivity index (χ1n) is 8.63. The van der Waals surface area contributed by atoms with Gasteiger partial charge in [-0.1, -0.05) is 40.9 Å². The van der Waals surface area contributed by atoms with Crippen LogP contribution in [-0.2, 0) is 9.59 Å². The van der Waals surface area contributed by atoms with E-state index in [0.29, 0.717) is 35.4 Å². The Morgan fingerprint density at radius 3 is 2.70 bits per heavy atom. The first-order chi connectivity index (χ1) is 12.9. The summed E-state index contributed by atoms with van der Waals surface area (Å²) in [6, 6.07) is 10.2. The number of carbonyl (C=O) groups excluding carboxylic acids is 2. The molecule has 0 aliphatic carbocycles. The average Bonchev–Trinajstić information content (AvgIpc) is 2.84. The summed E-state index contributed by atoms with van der Waals surface area (Å²) in [7, 11) is 0. The van der Waals surface area contributed by atoms with Gasteiger partial charge in [0.25, 0.3) is 5.91 Å². The molecule has 3 rings (SSSR count). The van der Waals surface area contributed by atoms with Gasteiger partial charge >= 0.3 is 0 Å². The molecular weight excluding hydrogens is 387 g/mol. The van der Waals surface area contributed by atoms with E-state index in [9.17, 15) is 9.59 Å². The zero-order valence-corrected chi connectivity index (χ0v) is 16.6. The van der Waals surface area contributed by atoms with Gasteiger partial charge in [-0.3, -0.25) is 9.59 Å². The molecule has 1 aliphatic rings. The van der Waals surface area contributed by atoms with Gasteiger partial charge in [0.1, 0.15) is 11.8 Å². The van der Waals surface area contributed by atoms with E-state index in [0.717, 1.165) is 16.8 Å². The number of nitrogens with zero attached hydrogens (tertiary/aromatic N) is 1. The van der Waals surface area contributed by atoms with Crippen LogP contribution in [0.2, 0.25) is 10.0 Å². The zero-order chi connectivity index (χ0) is 19.6. The van der Waals surface area contributed by atoms with Crippen LogP contribution in [0.15, 0.2) is 36.4 Å².